The van der Waals surface area contributed by atoms with Crippen molar-refractivity contribution in [1.82, 2.24) is 10.2 Å². The minimum Gasteiger partial charge on any atom is -0.383 e. The van der Waals surface area contributed by atoms with Crippen molar-refractivity contribution in [2.45, 2.75) is 0 Å². The third kappa shape index (κ3) is 4.31. The summed E-state index contributed by atoms with van der Waals surface area (Å²) in [5.41, 5.74) is 0. The van der Waals surface area contributed by atoms with Crippen LogP contribution in [0.5, 0.6) is 0 Å². The van der Waals surface area contributed by atoms with E-state index in [1.807, 2.05) is 4.90 Å². The summed E-state index contributed by atoms with van der Waals surface area (Å²) in [5.74, 6) is 0.387. The maximum atomic E-state index is 11.2. The molecule has 0 spiro atoms. The number of methoxy groups -OCH3 is 1. The zero-order valence-electron chi connectivity index (χ0n) is 8.73. The second kappa shape index (κ2) is 5.62. The fraction of sp³-hybridized carbons (Fsp3) is 0.875. The highest BCUT2D eigenvalue weighted by molar-refractivity contribution is 7.91. The number of thiocarbonyl (C=S) groups is 1. The van der Waals surface area contributed by atoms with E-state index in [2.05, 4.69) is 5.32 Å². The van der Waals surface area contributed by atoms with Gasteiger partial charge in [-0.15, -0.1) is 0 Å². The number of hydrogen-bond donors (Lipinski definition) is 1. The van der Waals surface area contributed by atoms with Crippen LogP contribution in [0.25, 0.3) is 0 Å². The highest BCUT2D eigenvalue weighted by atomic mass is 32.2. The molecule has 0 unspecified atom stereocenters. The Labute approximate surface area is 95.7 Å². The topological polar surface area (TPSA) is 58.6 Å². The zero-order chi connectivity index (χ0) is 11.3. The van der Waals surface area contributed by atoms with E-state index in [1.54, 1.807) is 7.11 Å². The van der Waals surface area contributed by atoms with E-state index in [0.29, 0.717) is 31.4 Å². The van der Waals surface area contributed by atoms with Crippen molar-refractivity contribution in [1.29, 1.82) is 0 Å². The van der Waals surface area contributed by atoms with Gasteiger partial charge in [-0.05, 0) is 12.2 Å². The van der Waals surface area contributed by atoms with Gasteiger partial charge in [-0.3, -0.25) is 0 Å². The number of hydrogen-bond acceptors (Lipinski definition) is 4. The molecule has 0 aliphatic carbocycles. The molecule has 0 radical (unpaired) electrons. The van der Waals surface area contributed by atoms with Gasteiger partial charge in [0, 0.05) is 26.7 Å². The molecule has 1 N–H and O–H groups in total. The predicted molar refractivity (Wildman–Crippen MR) is 62.7 cm³/mol. The zero-order valence-corrected chi connectivity index (χ0v) is 10.4. The molecule has 7 heteroatoms. The van der Waals surface area contributed by atoms with Gasteiger partial charge in [0.2, 0.25) is 0 Å². The fourth-order valence-corrected chi connectivity index (χ4v) is 2.77. The Morgan fingerprint density at radius 1 is 1.47 bits per heavy atom. The maximum absolute atomic E-state index is 11.2. The molecule has 1 saturated heterocycles. The average Bonchev–Trinajstić information content (AvgIpc) is 2.18. The lowest BCUT2D eigenvalue weighted by molar-refractivity contribution is 0.203. The maximum Gasteiger partial charge on any atom is 0.169 e. The Balaban J connectivity index is 2.30. The molecule has 88 valence electrons. The molecule has 1 aliphatic rings. The first kappa shape index (κ1) is 12.7. The average molecular weight is 252 g/mol. The van der Waals surface area contributed by atoms with Crippen molar-refractivity contribution in [3.63, 3.8) is 0 Å². The summed E-state index contributed by atoms with van der Waals surface area (Å²) < 4.78 is 27.2. The molecule has 5 nitrogen and oxygen atoms in total. The normalized spacial score (nSPS) is 19.9. The van der Waals surface area contributed by atoms with Gasteiger partial charge in [-0.1, -0.05) is 0 Å². The van der Waals surface area contributed by atoms with Crippen molar-refractivity contribution in [3.05, 3.63) is 0 Å². The van der Waals surface area contributed by atoms with Crippen LogP contribution in [-0.4, -0.2) is 63.3 Å². The van der Waals surface area contributed by atoms with Gasteiger partial charge in [0.1, 0.15) is 0 Å². The van der Waals surface area contributed by atoms with Crippen molar-refractivity contribution in [3.8, 4) is 0 Å². The SMILES string of the molecule is COCCNC(=S)N1CCS(=O)(=O)CC1. The van der Waals surface area contributed by atoms with Crippen LogP contribution in [-0.2, 0) is 14.6 Å². The lowest BCUT2D eigenvalue weighted by Crippen LogP contribution is -2.48. The Bertz CT molecular complexity index is 302. The van der Waals surface area contributed by atoms with Gasteiger partial charge in [0.25, 0.3) is 0 Å². The minimum absolute atomic E-state index is 0.194. The molecular weight excluding hydrogens is 236 g/mol. The number of nitrogens with zero attached hydrogens (tertiary/aromatic N) is 1. The van der Waals surface area contributed by atoms with E-state index in [1.165, 1.54) is 0 Å². The highest BCUT2D eigenvalue weighted by Crippen LogP contribution is 2.03. The Hall–Kier alpha value is -0.400. The summed E-state index contributed by atoms with van der Waals surface area (Å²) in [6.45, 7) is 2.22. The Kier molecular flexibility index (Phi) is 4.75. The van der Waals surface area contributed by atoms with Gasteiger partial charge in [0.15, 0.2) is 14.9 Å². The second-order valence-electron chi connectivity index (χ2n) is 3.36. The van der Waals surface area contributed by atoms with Crippen molar-refractivity contribution in [2.75, 3.05) is 44.9 Å². The van der Waals surface area contributed by atoms with E-state index in [0.717, 1.165) is 0 Å². The lowest BCUT2D eigenvalue weighted by atomic mass is 10.5. The van der Waals surface area contributed by atoms with Gasteiger partial charge < -0.3 is 15.0 Å². The van der Waals surface area contributed by atoms with E-state index in [9.17, 15) is 8.42 Å². The van der Waals surface area contributed by atoms with Gasteiger partial charge in [-0.25, -0.2) is 8.42 Å². The molecule has 0 saturated carbocycles. The quantitative estimate of drug-likeness (QED) is 0.526. The second-order valence-corrected chi connectivity index (χ2v) is 6.05. The third-order valence-corrected chi connectivity index (χ3v) is 4.23. The number of ether oxygens (including phenoxy) is 1. The molecule has 1 rings (SSSR count). The largest absolute Gasteiger partial charge is 0.383 e. The number of nitrogens with one attached hydrogen (secondary N) is 1. The smallest absolute Gasteiger partial charge is 0.169 e. The molecule has 0 aromatic carbocycles. The van der Waals surface area contributed by atoms with Crippen LogP contribution in [0.2, 0.25) is 0 Å². The summed E-state index contributed by atoms with van der Waals surface area (Å²) in [7, 11) is -1.20. The van der Waals surface area contributed by atoms with E-state index < -0.39 is 9.84 Å². The standard InChI is InChI=1S/C8H16N2O3S2/c1-13-5-2-9-8(14)10-3-6-15(11,12)7-4-10/h2-7H2,1H3,(H,9,14). The summed E-state index contributed by atoms with van der Waals surface area (Å²) in [6.07, 6.45) is 0. The van der Waals surface area contributed by atoms with Crippen LogP contribution < -0.4 is 5.32 Å². The van der Waals surface area contributed by atoms with Gasteiger partial charge >= 0.3 is 0 Å². The third-order valence-electron chi connectivity index (χ3n) is 2.21. The molecule has 1 heterocycles. The van der Waals surface area contributed by atoms with Gasteiger partial charge in [0.05, 0.1) is 18.1 Å². The molecule has 0 aromatic rings. The minimum atomic E-state index is -2.83. The van der Waals surface area contributed by atoms with Crippen LogP contribution in [0.1, 0.15) is 0 Å². The molecule has 0 aromatic heterocycles. The predicted octanol–water partition coefficient (Wildman–Crippen LogP) is -0.762. The Morgan fingerprint density at radius 2 is 2.07 bits per heavy atom. The fourth-order valence-electron chi connectivity index (χ4n) is 1.29. The molecule has 15 heavy (non-hydrogen) atoms. The van der Waals surface area contributed by atoms with Crippen molar-refractivity contribution >= 4 is 27.2 Å². The van der Waals surface area contributed by atoms with Crippen LogP contribution in [0.4, 0.5) is 0 Å². The summed E-state index contributed by atoms with van der Waals surface area (Å²) in [6, 6.07) is 0. The van der Waals surface area contributed by atoms with E-state index >= 15 is 0 Å². The Morgan fingerprint density at radius 3 is 2.60 bits per heavy atom. The molecule has 1 aliphatic heterocycles. The van der Waals surface area contributed by atoms with Crippen molar-refractivity contribution in [2.24, 2.45) is 0 Å². The molecule has 0 amide bonds. The summed E-state index contributed by atoms with van der Waals surface area (Å²) in [5, 5.41) is 3.63. The number of rotatable bonds is 3. The van der Waals surface area contributed by atoms with Gasteiger partial charge in [-0.2, -0.15) is 0 Å². The molecule has 1 fully saturated rings. The van der Waals surface area contributed by atoms with Crippen LogP contribution in [0.3, 0.4) is 0 Å². The molecular formula is C8H16N2O3S2. The highest BCUT2D eigenvalue weighted by Gasteiger charge is 2.22. The van der Waals surface area contributed by atoms with Crippen LogP contribution >= 0.6 is 12.2 Å². The monoisotopic (exact) mass is 252 g/mol. The van der Waals surface area contributed by atoms with E-state index in [-0.39, 0.29) is 11.5 Å². The molecule has 0 bridgehead atoms. The van der Waals surface area contributed by atoms with E-state index in [4.69, 9.17) is 17.0 Å². The van der Waals surface area contributed by atoms with Crippen LogP contribution in [0, 0.1) is 0 Å². The first-order valence-corrected chi connectivity index (χ1v) is 7.00. The lowest BCUT2D eigenvalue weighted by Gasteiger charge is -2.29. The summed E-state index contributed by atoms with van der Waals surface area (Å²) in [4.78, 5) is 1.88. The first-order valence-electron chi connectivity index (χ1n) is 4.77. The first-order chi connectivity index (χ1) is 7.05. The van der Waals surface area contributed by atoms with Crippen LogP contribution in [0.15, 0.2) is 0 Å². The van der Waals surface area contributed by atoms with Crippen molar-refractivity contribution < 1.29 is 13.2 Å². The summed E-state index contributed by atoms with van der Waals surface area (Å²) >= 11 is 5.13. The number of sulfone groups is 1. The molecule has 0 atom stereocenters.